The monoisotopic (exact) mass is 364 g/mol. The second-order valence-corrected chi connectivity index (χ2v) is 6.35. The van der Waals surface area contributed by atoms with Crippen molar-refractivity contribution in [3.63, 3.8) is 0 Å². The van der Waals surface area contributed by atoms with Gasteiger partial charge in [0, 0.05) is 27.2 Å². The summed E-state index contributed by atoms with van der Waals surface area (Å²) < 4.78 is 13.1. The zero-order valence-corrected chi connectivity index (χ0v) is 14.1. The van der Waals surface area contributed by atoms with Gasteiger partial charge in [-0.2, -0.15) is 0 Å². The van der Waals surface area contributed by atoms with Crippen LogP contribution in [0.25, 0.3) is 0 Å². The van der Waals surface area contributed by atoms with Gasteiger partial charge in [0.05, 0.1) is 0 Å². The van der Waals surface area contributed by atoms with E-state index in [1.54, 1.807) is 30.3 Å². The number of alkyl halides is 2. The average molecular weight is 366 g/mol. The number of hydrogen-bond acceptors (Lipinski definition) is 0. The quantitative estimate of drug-likeness (QED) is 0.562. The van der Waals surface area contributed by atoms with Crippen molar-refractivity contribution >= 4 is 46.4 Å². The van der Waals surface area contributed by atoms with Gasteiger partial charge in [0.25, 0.3) is 0 Å². The van der Waals surface area contributed by atoms with Gasteiger partial charge in [0.1, 0.15) is 5.82 Å². The van der Waals surface area contributed by atoms with Crippen LogP contribution in [0, 0.1) is 5.82 Å². The molecule has 0 aliphatic rings. The van der Waals surface area contributed by atoms with Crippen molar-refractivity contribution in [2.75, 3.05) is 11.8 Å². The highest BCUT2D eigenvalue weighted by Crippen LogP contribution is 2.34. The van der Waals surface area contributed by atoms with Gasteiger partial charge in [-0.15, -0.1) is 23.2 Å². The molecule has 0 aliphatic heterocycles. The highest BCUT2D eigenvalue weighted by atomic mass is 35.5. The van der Waals surface area contributed by atoms with E-state index in [0.717, 1.165) is 11.1 Å². The lowest BCUT2D eigenvalue weighted by Gasteiger charge is -2.31. The molecule has 0 heterocycles. The molecule has 0 aromatic heterocycles. The van der Waals surface area contributed by atoms with Gasteiger partial charge in [-0.3, -0.25) is 0 Å². The maximum atomic E-state index is 13.1. The van der Waals surface area contributed by atoms with Crippen LogP contribution in [0.3, 0.4) is 0 Å². The minimum absolute atomic E-state index is 0.294. The molecule has 2 aromatic rings. The summed E-state index contributed by atoms with van der Waals surface area (Å²) in [7, 11) is 0. The lowest BCUT2D eigenvalue weighted by Crippen LogP contribution is -2.33. The van der Waals surface area contributed by atoms with Crippen molar-refractivity contribution in [1.29, 1.82) is 0 Å². The van der Waals surface area contributed by atoms with Gasteiger partial charge < -0.3 is 0 Å². The molecule has 0 unspecified atom stereocenters. The Morgan fingerprint density at radius 3 is 2.10 bits per heavy atom. The molecule has 0 spiro atoms. The topological polar surface area (TPSA) is 0 Å². The molecule has 21 heavy (non-hydrogen) atoms. The predicted molar refractivity (Wildman–Crippen MR) is 89.7 cm³/mol. The molecule has 0 bridgehead atoms. The first-order valence-electron chi connectivity index (χ1n) is 6.33. The minimum Gasteiger partial charge on any atom is -0.207 e. The molecule has 0 N–H and O–H groups in total. The van der Waals surface area contributed by atoms with Crippen molar-refractivity contribution in [3.8, 4) is 0 Å². The first-order valence-corrected chi connectivity index (χ1v) is 8.15. The summed E-state index contributed by atoms with van der Waals surface area (Å²) in [5, 5.41) is 1.22. The molecular formula is C16H13Cl4F. The summed E-state index contributed by atoms with van der Waals surface area (Å²) in [6, 6.07) is 11.5. The van der Waals surface area contributed by atoms with E-state index in [2.05, 4.69) is 0 Å². The fraction of sp³-hybridized carbons (Fsp3) is 0.250. The lowest BCUT2D eigenvalue weighted by atomic mass is 9.78. The molecule has 2 rings (SSSR count). The van der Waals surface area contributed by atoms with Gasteiger partial charge >= 0.3 is 0 Å². The highest BCUT2D eigenvalue weighted by molar-refractivity contribution is 6.33. The molecule has 0 saturated heterocycles. The van der Waals surface area contributed by atoms with Crippen LogP contribution in [0.5, 0.6) is 0 Å². The first-order chi connectivity index (χ1) is 10.0. The number of benzene rings is 2. The normalized spacial score (nSPS) is 11.7. The molecule has 0 aliphatic carbocycles. The van der Waals surface area contributed by atoms with Crippen molar-refractivity contribution in [1.82, 2.24) is 0 Å². The first kappa shape index (κ1) is 16.9. The molecule has 0 atom stereocenters. The maximum absolute atomic E-state index is 13.1. The number of halogens is 5. The van der Waals surface area contributed by atoms with Crippen LogP contribution in [0.1, 0.15) is 11.1 Å². The zero-order chi connectivity index (χ0) is 15.5. The Bertz CT molecular complexity index is 606. The SMILES string of the molecule is Fc1ccc(C(CCl)(CCl)Cc2cc(Cl)ccc2Cl)cc1. The van der Waals surface area contributed by atoms with E-state index < -0.39 is 5.41 Å². The summed E-state index contributed by atoms with van der Waals surface area (Å²) in [5.41, 5.74) is 1.23. The van der Waals surface area contributed by atoms with Gasteiger partial charge in [-0.1, -0.05) is 35.3 Å². The summed E-state index contributed by atoms with van der Waals surface area (Å²) >= 11 is 24.6. The van der Waals surface area contributed by atoms with Crippen LogP contribution in [-0.2, 0) is 11.8 Å². The average Bonchev–Trinajstić information content (AvgIpc) is 2.49. The molecular weight excluding hydrogens is 353 g/mol. The maximum Gasteiger partial charge on any atom is 0.123 e. The van der Waals surface area contributed by atoms with Crippen LogP contribution in [0.2, 0.25) is 10.0 Å². The summed E-state index contributed by atoms with van der Waals surface area (Å²) in [4.78, 5) is 0. The molecule has 0 radical (unpaired) electrons. The Kier molecular flexibility index (Phi) is 5.79. The summed E-state index contributed by atoms with van der Waals surface area (Å²) in [6.07, 6.45) is 0.533. The zero-order valence-electron chi connectivity index (χ0n) is 11.1. The second kappa shape index (κ2) is 7.19. The van der Waals surface area contributed by atoms with Crippen LogP contribution in [0.15, 0.2) is 42.5 Å². The van der Waals surface area contributed by atoms with Gasteiger partial charge in [0.2, 0.25) is 0 Å². The van der Waals surface area contributed by atoms with Gasteiger partial charge in [0.15, 0.2) is 0 Å². The molecule has 0 nitrogen and oxygen atoms in total. The van der Waals surface area contributed by atoms with Crippen molar-refractivity contribution < 1.29 is 4.39 Å². The standard InChI is InChI=1S/C16H13Cl4F/c17-9-16(10-18,12-1-4-14(21)5-2-12)8-11-7-13(19)3-6-15(11)20/h1-7H,8-10H2. The molecule has 112 valence electrons. The Hall–Kier alpha value is -0.470. The van der Waals surface area contributed by atoms with Gasteiger partial charge in [-0.25, -0.2) is 4.39 Å². The molecule has 0 saturated carbocycles. The van der Waals surface area contributed by atoms with E-state index in [9.17, 15) is 4.39 Å². The third-order valence-electron chi connectivity index (χ3n) is 3.50. The minimum atomic E-state index is -0.523. The largest absolute Gasteiger partial charge is 0.207 e. The van der Waals surface area contributed by atoms with Gasteiger partial charge in [-0.05, 0) is 47.9 Å². The van der Waals surface area contributed by atoms with E-state index in [0.29, 0.717) is 28.2 Å². The Morgan fingerprint density at radius 1 is 0.905 bits per heavy atom. The summed E-state index contributed by atoms with van der Waals surface area (Å²) in [5.74, 6) is 0.299. The second-order valence-electron chi connectivity index (χ2n) is 4.97. The number of rotatable bonds is 5. The van der Waals surface area contributed by atoms with Crippen molar-refractivity contribution in [2.24, 2.45) is 0 Å². The van der Waals surface area contributed by atoms with Crippen molar-refractivity contribution in [2.45, 2.75) is 11.8 Å². The number of hydrogen-bond donors (Lipinski definition) is 0. The smallest absolute Gasteiger partial charge is 0.123 e. The third kappa shape index (κ3) is 3.84. The van der Waals surface area contributed by atoms with E-state index in [1.165, 1.54) is 12.1 Å². The molecule has 0 amide bonds. The fourth-order valence-electron chi connectivity index (χ4n) is 2.23. The third-order valence-corrected chi connectivity index (χ3v) is 5.13. The van der Waals surface area contributed by atoms with E-state index in [4.69, 9.17) is 46.4 Å². The Labute approximate surface area is 143 Å². The van der Waals surface area contributed by atoms with E-state index >= 15 is 0 Å². The highest BCUT2D eigenvalue weighted by Gasteiger charge is 2.32. The Morgan fingerprint density at radius 2 is 1.52 bits per heavy atom. The lowest BCUT2D eigenvalue weighted by molar-refractivity contribution is 0.533. The summed E-state index contributed by atoms with van der Waals surface area (Å²) in [6.45, 7) is 0. The molecule has 0 fully saturated rings. The molecule has 2 aromatic carbocycles. The fourth-order valence-corrected chi connectivity index (χ4v) is 3.40. The Balaban J connectivity index is 2.42. The van der Waals surface area contributed by atoms with Crippen LogP contribution >= 0.6 is 46.4 Å². The predicted octanol–water partition coefficient (Wildman–Crippen LogP) is 6.09. The van der Waals surface area contributed by atoms with Crippen LogP contribution in [0.4, 0.5) is 4.39 Å². The molecule has 5 heteroatoms. The van der Waals surface area contributed by atoms with Crippen LogP contribution < -0.4 is 0 Å². The van der Waals surface area contributed by atoms with E-state index in [1.807, 2.05) is 0 Å². The van der Waals surface area contributed by atoms with Crippen LogP contribution in [-0.4, -0.2) is 11.8 Å². The van der Waals surface area contributed by atoms with Crippen molar-refractivity contribution in [3.05, 3.63) is 69.5 Å². The van der Waals surface area contributed by atoms with E-state index in [-0.39, 0.29) is 5.82 Å².